The van der Waals surface area contributed by atoms with Crippen molar-refractivity contribution in [2.24, 2.45) is 11.8 Å². The standard InChI is InChI=1S/C22H36FN3/c1-18(26-15-10-21(23)11-16-26)17-25-13-4-7-19-5-3-6-20(9-14-25)22(19)8-12-24-2/h3,5-6,20-22,24H,1,4,7-17H2,2H3. The van der Waals surface area contributed by atoms with Crippen molar-refractivity contribution in [1.29, 1.82) is 0 Å². The molecule has 2 heterocycles. The van der Waals surface area contributed by atoms with E-state index >= 15 is 0 Å². The maximum Gasteiger partial charge on any atom is 0.103 e. The van der Waals surface area contributed by atoms with Crippen molar-refractivity contribution < 1.29 is 4.39 Å². The van der Waals surface area contributed by atoms with Gasteiger partial charge in [-0.05, 0) is 77.0 Å². The van der Waals surface area contributed by atoms with Gasteiger partial charge in [-0.3, -0.25) is 4.90 Å². The topological polar surface area (TPSA) is 18.5 Å². The maximum atomic E-state index is 13.4. The van der Waals surface area contributed by atoms with Crippen molar-refractivity contribution in [3.8, 4) is 0 Å². The number of hydrogen-bond donors (Lipinski definition) is 1. The number of nitrogens with zero attached hydrogens (tertiary/aromatic N) is 2. The van der Waals surface area contributed by atoms with Crippen LogP contribution in [0.5, 0.6) is 0 Å². The highest BCUT2D eigenvalue weighted by molar-refractivity contribution is 5.24. The molecule has 1 aliphatic carbocycles. The van der Waals surface area contributed by atoms with Crippen molar-refractivity contribution >= 4 is 0 Å². The van der Waals surface area contributed by atoms with Gasteiger partial charge in [0.2, 0.25) is 0 Å². The van der Waals surface area contributed by atoms with Gasteiger partial charge < -0.3 is 10.2 Å². The zero-order valence-electron chi connectivity index (χ0n) is 16.4. The van der Waals surface area contributed by atoms with Crippen LogP contribution in [0.2, 0.25) is 0 Å². The lowest BCUT2D eigenvalue weighted by Crippen LogP contribution is -2.39. The first-order valence-electron chi connectivity index (χ1n) is 10.5. The molecule has 146 valence electrons. The Balaban J connectivity index is 1.56. The van der Waals surface area contributed by atoms with Gasteiger partial charge in [0.25, 0.3) is 0 Å². The van der Waals surface area contributed by atoms with Gasteiger partial charge in [0.1, 0.15) is 6.17 Å². The molecule has 1 N–H and O–H groups in total. The highest BCUT2D eigenvalue weighted by Crippen LogP contribution is 2.35. The van der Waals surface area contributed by atoms with Crippen LogP contribution < -0.4 is 5.32 Å². The summed E-state index contributed by atoms with van der Waals surface area (Å²) < 4.78 is 13.4. The molecular formula is C22H36FN3. The quantitative estimate of drug-likeness (QED) is 0.777. The molecule has 2 unspecified atom stereocenters. The smallest absolute Gasteiger partial charge is 0.103 e. The summed E-state index contributed by atoms with van der Waals surface area (Å²) >= 11 is 0. The third-order valence-corrected chi connectivity index (χ3v) is 6.36. The lowest BCUT2D eigenvalue weighted by molar-refractivity contribution is 0.164. The van der Waals surface area contributed by atoms with E-state index in [2.05, 4.69) is 39.9 Å². The molecule has 0 spiro atoms. The Morgan fingerprint density at radius 1 is 1.23 bits per heavy atom. The number of fused-ring (bicyclic) bond motifs is 2. The third-order valence-electron chi connectivity index (χ3n) is 6.36. The minimum Gasteiger partial charge on any atom is -0.374 e. The fourth-order valence-corrected chi connectivity index (χ4v) is 4.75. The van der Waals surface area contributed by atoms with E-state index in [1.807, 2.05) is 7.05 Å². The number of rotatable bonds is 6. The Bertz CT molecular complexity index is 519. The molecule has 0 aromatic heterocycles. The lowest BCUT2D eigenvalue weighted by atomic mass is 9.77. The van der Waals surface area contributed by atoms with Gasteiger partial charge in [0, 0.05) is 25.3 Å². The van der Waals surface area contributed by atoms with E-state index < -0.39 is 6.17 Å². The van der Waals surface area contributed by atoms with Gasteiger partial charge in [-0.15, -0.1) is 0 Å². The Labute approximate surface area is 159 Å². The normalized spacial score (nSPS) is 28.2. The number of piperidine rings is 1. The van der Waals surface area contributed by atoms with Gasteiger partial charge in [0.15, 0.2) is 0 Å². The van der Waals surface area contributed by atoms with Gasteiger partial charge in [-0.2, -0.15) is 0 Å². The van der Waals surface area contributed by atoms with Crippen LogP contribution in [0.15, 0.2) is 36.1 Å². The molecule has 3 aliphatic rings. The molecule has 2 aliphatic heterocycles. The summed E-state index contributed by atoms with van der Waals surface area (Å²) in [6.07, 6.45) is 12.7. The van der Waals surface area contributed by atoms with Gasteiger partial charge in [-0.25, -0.2) is 4.39 Å². The van der Waals surface area contributed by atoms with Crippen molar-refractivity contribution in [2.45, 2.75) is 44.7 Å². The Morgan fingerprint density at radius 3 is 2.81 bits per heavy atom. The Hall–Kier alpha value is -1.13. The summed E-state index contributed by atoms with van der Waals surface area (Å²) in [5.74, 6) is 1.37. The first kappa shape index (κ1) is 19.6. The molecule has 26 heavy (non-hydrogen) atoms. The molecule has 2 saturated heterocycles. The maximum absolute atomic E-state index is 13.4. The number of allylic oxidation sites excluding steroid dienone is 4. The fraction of sp³-hybridized carbons (Fsp3) is 0.727. The molecular weight excluding hydrogens is 325 g/mol. The van der Waals surface area contributed by atoms with Crippen LogP contribution in [-0.2, 0) is 0 Å². The van der Waals surface area contributed by atoms with E-state index in [0.717, 1.165) is 39.3 Å². The predicted octanol–water partition coefficient (Wildman–Crippen LogP) is 3.76. The first-order valence-corrected chi connectivity index (χ1v) is 10.5. The van der Waals surface area contributed by atoms with Crippen molar-refractivity contribution in [2.75, 3.05) is 46.3 Å². The SMILES string of the molecule is C=C(CN1CCCC2=CC=CC(CC1)C2CCNC)N1CCC(F)CC1. The van der Waals surface area contributed by atoms with E-state index in [1.54, 1.807) is 5.57 Å². The monoisotopic (exact) mass is 361 g/mol. The molecule has 0 radical (unpaired) electrons. The zero-order valence-corrected chi connectivity index (χ0v) is 16.4. The second kappa shape index (κ2) is 9.70. The predicted molar refractivity (Wildman–Crippen MR) is 108 cm³/mol. The molecule has 0 saturated carbocycles. The van der Waals surface area contributed by atoms with E-state index in [1.165, 1.54) is 31.4 Å². The molecule has 0 aromatic carbocycles. The largest absolute Gasteiger partial charge is 0.374 e. The van der Waals surface area contributed by atoms with Crippen LogP contribution in [0.3, 0.4) is 0 Å². The van der Waals surface area contributed by atoms with Crippen molar-refractivity contribution in [3.05, 3.63) is 36.1 Å². The molecule has 4 heteroatoms. The number of alkyl halides is 1. The lowest BCUT2D eigenvalue weighted by Gasteiger charge is -2.35. The number of halogens is 1. The van der Waals surface area contributed by atoms with Crippen LogP contribution in [0.25, 0.3) is 0 Å². The van der Waals surface area contributed by atoms with Crippen LogP contribution in [-0.4, -0.2) is 62.3 Å². The fourth-order valence-electron chi connectivity index (χ4n) is 4.75. The van der Waals surface area contributed by atoms with Crippen molar-refractivity contribution in [3.63, 3.8) is 0 Å². The van der Waals surface area contributed by atoms with E-state index in [4.69, 9.17) is 0 Å². The van der Waals surface area contributed by atoms with Crippen LogP contribution in [0.1, 0.15) is 38.5 Å². The zero-order chi connectivity index (χ0) is 18.4. The number of hydrogen-bond acceptors (Lipinski definition) is 3. The average molecular weight is 362 g/mol. The molecule has 2 atom stereocenters. The molecule has 2 fully saturated rings. The van der Waals surface area contributed by atoms with Crippen LogP contribution in [0.4, 0.5) is 4.39 Å². The third kappa shape index (κ3) is 5.20. The molecule has 0 amide bonds. The molecule has 0 aromatic rings. The van der Waals surface area contributed by atoms with Gasteiger partial charge in [0.05, 0.1) is 0 Å². The Morgan fingerprint density at radius 2 is 2.04 bits per heavy atom. The molecule has 2 bridgehead atoms. The minimum absolute atomic E-state index is 0.613. The molecule has 3 nitrogen and oxygen atoms in total. The minimum atomic E-state index is -0.613. The summed E-state index contributed by atoms with van der Waals surface area (Å²) in [7, 11) is 2.05. The number of likely N-dealkylation sites (tertiary alicyclic amines) is 1. The average Bonchev–Trinajstić information content (AvgIpc) is 2.68. The van der Waals surface area contributed by atoms with Crippen LogP contribution >= 0.6 is 0 Å². The van der Waals surface area contributed by atoms with E-state index in [0.29, 0.717) is 24.7 Å². The molecule has 3 rings (SSSR count). The first-order chi connectivity index (χ1) is 12.7. The highest BCUT2D eigenvalue weighted by Gasteiger charge is 2.27. The second-order valence-electron chi connectivity index (χ2n) is 8.19. The summed E-state index contributed by atoms with van der Waals surface area (Å²) in [6.45, 7) is 10.3. The van der Waals surface area contributed by atoms with E-state index in [-0.39, 0.29) is 0 Å². The second-order valence-corrected chi connectivity index (χ2v) is 8.19. The highest BCUT2D eigenvalue weighted by atomic mass is 19.1. The summed E-state index contributed by atoms with van der Waals surface area (Å²) in [4.78, 5) is 4.88. The van der Waals surface area contributed by atoms with Crippen molar-refractivity contribution in [1.82, 2.24) is 15.1 Å². The van der Waals surface area contributed by atoms with Gasteiger partial charge >= 0.3 is 0 Å². The summed E-state index contributed by atoms with van der Waals surface area (Å²) in [6, 6.07) is 0. The number of nitrogens with one attached hydrogen (secondary N) is 1. The summed E-state index contributed by atoms with van der Waals surface area (Å²) in [5.41, 5.74) is 2.83. The van der Waals surface area contributed by atoms with Gasteiger partial charge in [-0.1, -0.05) is 30.4 Å². The summed E-state index contributed by atoms with van der Waals surface area (Å²) in [5, 5.41) is 3.32. The van der Waals surface area contributed by atoms with E-state index in [9.17, 15) is 4.39 Å². The Kier molecular flexibility index (Phi) is 7.32. The van der Waals surface area contributed by atoms with Crippen LogP contribution in [0, 0.1) is 11.8 Å².